The monoisotopic (exact) mass is 356 g/mol. The summed E-state index contributed by atoms with van der Waals surface area (Å²) in [6.07, 6.45) is 6.49. The lowest BCUT2D eigenvalue weighted by Crippen LogP contribution is -2.29. The molecule has 3 heterocycles. The molecule has 26 heavy (non-hydrogen) atoms. The van der Waals surface area contributed by atoms with Crippen molar-refractivity contribution in [2.75, 3.05) is 20.2 Å². The number of nitrogens with one attached hydrogen (secondary N) is 1. The average molecular weight is 356 g/mol. The summed E-state index contributed by atoms with van der Waals surface area (Å²) in [5, 5.41) is 11.8. The number of carbonyl (C=O) groups excluding carboxylic acids is 1. The zero-order chi connectivity index (χ0) is 17.8. The molecule has 2 aromatic heterocycles. The molecule has 3 aliphatic rings. The SMILES string of the molecule is COc1c(C(=O)N2C[C@H](c3nc(C4CC4)n[nH]3)[C@@H](C3CC3)C2)cnn1C. The van der Waals surface area contributed by atoms with Gasteiger partial charge in [0.25, 0.3) is 5.91 Å². The van der Waals surface area contributed by atoms with Gasteiger partial charge in [0.15, 0.2) is 5.82 Å². The van der Waals surface area contributed by atoms with Crippen LogP contribution in [0, 0.1) is 11.8 Å². The first-order valence-electron chi connectivity index (χ1n) is 9.43. The van der Waals surface area contributed by atoms with Crippen molar-refractivity contribution in [2.45, 2.75) is 37.5 Å². The Kier molecular flexibility index (Phi) is 3.55. The highest BCUT2D eigenvalue weighted by Crippen LogP contribution is 2.48. The number of aryl methyl sites for hydroxylation is 1. The molecule has 1 amide bonds. The predicted molar refractivity (Wildman–Crippen MR) is 93.0 cm³/mol. The minimum atomic E-state index is -0.00923. The molecular formula is C18H24N6O2. The molecule has 0 aromatic carbocycles. The first-order chi connectivity index (χ1) is 12.7. The first kappa shape index (κ1) is 15.8. The Hall–Kier alpha value is -2.38. The molecule has 0 radical (unpaired) electrons. The van der Waals surface area contributed by atoms with Crippen molar-refractivity contribution in [3.63, 3.8) is 0 Å². The average Bonchev–Trinajstić information content (AvgIpc) is 3.55. The maximum absolute atomic E-state index is 13.1. The van der Waals surface area contributed by atoms with Crippen LogP contribution in [0.5, 0.6) is 5.88 Å². The minimum Gasteiger partial charge on any atom is -0.481 e. The van der Waals surface area contributed by atoms with Gasteiger partial charge in [-0.05, 0) is 37.5 Å². The molecule has 0 spiro atoms. The predicted octanol–water partition coefficient (Wildman–Crippen LogP) is 1.69. The van der Waals surface area contributed by atoms with Crippen molar-refractivity contribution < 1.29 is 9.53 Å². The van der Waals surface area contributed by atoms with E-state index < -0.39 is 0 Å². The van der Waals surface area contributed by atoms with Gasteiger partial charge in [-0.2, -0.15) is 10.2 Å². The van der Waals surface area contributed by atoms with E-state index >= 15 is 0 Å². The number of carbonyl (C=O) groups is 1. The second kappa shape index (κ2) is 5.82. The van der Waals surface area contributed by atoms with Crippen LogP contribution in [0.3, 0.4) is 0 Å². The first-order valence-corrected chi connectivity index (χ1v) is 9.43. The van der Waals surface area contributed by atoms with Gasteiger partial charge in [0.05, 0.1) is 13.3 Å². The van der Waals surface area contributed by atoms with Gasteiger partial charge in [-0.3, -0.25) is 9.89 Å². The van der Waals surface area contributed by atoms with Crippen LogP contribution in [0.25, 0.3) is 0 Å². The molecule has 1 N–H and O–H groups in total. The third-order valence-electron chi connectivity index (χ3n) is 6.00. The topological polar surface area (TPSA) is 88.9 Å². The van der Waals surface area contributed by atoms with E-state index in [0.717, 1.165) is 18.2 Å². The fourth-order valence-electron chi connectivity index (χ4n) is 4.25. The Balaban J connectivity index is 1.39. The van der Waals surface area contributed by atoms with Gasteiger partial charge < -0.3 is 9.64 Å². The number of aromatic nitrogens is 5. The van der Waals surface area contributed by atoms with Gasteiger partial charge >= 0.3 is 0 Å². The lowest BCUT2D eigenvalue weighted by molar-refractivity contribution is 0.0781. The highest BCUT2D eigenvalue weighted by molar-refractivity contribution is 5.96. The summed E-state index contributed by atoms with van der Waals surface area (Å²) in [5.41, 5.74) is 0.529. The van der Waals surface area contributed by atoms with E-state index in [0.29, 0.717) is 35.7 Å². The molecule has 5 rings (SSSR count). The summed E-state index contributed by atoms with van der Waals surface area (Å²) in [5.74, 6) is 4.35. The molecule has 1 saturated heterocycles. The normalized spacial score (nSPS) is 25.7. The van der Waals surface area contributed by atoms with Crippen LogP contribution in [0.2, 0.25) is 0 Å². The number of ether oxygens (including phenoxy) is 1. The molecule has 3 fully saturated rings. The lowest BCUT2D eigenvalue weighted by Gasteiger charge is -2.16. The number of amides is 1. The molecule has 1 aliphatic heterocycles. The highest BCUT2D eigenvalue weighted by atomic mass is 16.5. The smallest absolute Gasteiger partial charge is 0.261 e. The van der Waals surface area contributed by atoms with Gasteiger partial charge in [-0.25, -0.2) is 9.67 Å². The van der Waals surface area contributed by atoms with E-state index in [-0.39, 0.29) is 11.8 Å². The minimum absolute atomic E-state index is 0.00923. The van der Waals surface area contributed by atoms with Crippen LogP contribution in [0.1, 0.15) is 59.5 Å². The maximum Gasteiger partial charge on any atom is 0.261 e. The van der Waals surface area contributed by atoms with E-state index in [9.17, 15) is 4.79 Å². The van der Waals surface area contributed by atoms with Crippen LogP contribution in [0.15, 0.2) is 6.20 Å². The summed E-state index contributed by atoms with van der Waals surface area (Å²) in [6.45, 7) is 1.45. The zero-order valence-corrected chi connectivity index (χ0v) is 15.2. The zero-order valence-electron chi connectivity index (χ0n) is 15.2. The Labute approximate surface area is 151 Å². The number of methoxy groups -OCH3 is 1. The fourth-order valence-corrected chi connectivity index (χ4v) is 4.25. The molecule has 8 heteroatoms. The fraction of sp³-hybridized carbons (Fsp3) is 0.667. The van der Waals surface area contributed by atoms with E-state index in [1.165, 1.54) is 25.7 Å². The number of likely N-dealkylation sites (tertiary alicyclic amines) is 1. The summed E-state index contributed by atoms with van der Waals surface area (Å²) in [6, 6.07) is 0. The third kappa shape index (κ3) is 2.59. The maximum atomic E-state index is 13.1. The van der Waals surface area contributed by atoms with Crippen molar-refractivity contribution in [3.05, 3.63) is 23.4 Å². The standard InChI is InChI=1S/C18H24N6O2/c1-23-18(26-2)12(7-19-23)17(25)24-8-13(10-3-4-10)14(9-24)16-20-15(21-22-16)11-5-6-11/h7,10-11,13-14H,3-6,8-9H2,1-2H3,(H,20,21,22)/t13-,14+/m1/s1. The molecule has 2 aromatic rings. The van der Waals surface area contributed by atoms with Gasteiger partial charge in [0, 0.05) is 32.0 Å². The molecule has 2 saturated carbocycles. The van der Waals surface area contributed by atoms with E-state index in [1.807, 2.05) is 4.90 Å². The molecule has 138 valence electrons. The molecule has 2 aliphatic carbocycles. The highest BCUT2D eigenvalue weighted by Gasteiger charge is 2.46. The number of nitrogens with zero attached hydrogens (tertiary/aromatic N) is 5. The second-order valence-corrected chi connectivity index (χ2v) is 7.86. The summed E-state index contributed by atoms with van der Waals surface area (Å²) >= 11 is 0. The van der Waals surface area contributed by atoms with Gasteiger partial charge in [-0.15, -0.1) is 0 Å². The Bertz CT molecular complexity index is 835. The van der Waals surface area contributed by atoms with Crippen LogP contribution in [-0.2, 0) is 7.05 Å². The van der Waals surface area contributed by atoms with Crippen LogP contribution < -0.4 is 4.74 Å². The van der Waals surface area contributed by atoms with Gasteiger partial charge in [0.2, 0.25) is 5.88 Å². The third-order valence-corrected chi connectivity index (χ3v) is 6.00. The summed E-state index contributed by atoms with van der Waals surface area (Å²) < 4.78 is 6.95. The van der Waals surface area contributed by atoms with Crippen molar-refractivity contribution in [1.29, 1.82) is 0 Å². The van der Waals surface area contributed by atoms with Crippen molar-refractivity contribution in [3.8, 4) is 5.88 Å². The van der Waals surface area contributed by atoms with Crippen LogP contribution >= 0.6 is 0 Å². The molecule has 2 atom stereocenters. The Morgan fingerprint density at radius 2 is 2.08 bits per heavy atom. The summed E-state index contributed by atoms with van der Waals surface area (Å²) in [4.78, 5) is 19.8. The van der Waals surface area contributed by atoms with Crippen LogP contribution in [0.4, 0.5) is 0 Å². The molecular weight excluding hydrogens is 332 g/mol. The second-order valence-electron chi connectivity index (χ2n) is 7.86. The lowest BCUT2D eigenvalue weighted by atomic mass is 9.91. The molecule has 0 unspecified atom stereocenters. The molecule has 8 nitrogen and oxygen atoms in total. The van der Waals surface area contributed by atoms with Crippen molar-refractivity contribution in [2.24, 2.45) is 18.9 Å². The van der Waals surface area contributed by atoms with Crippen LogP contribution in [-0.4, -0.2) is 56.0 Å². The number of hydrogen-bond donors (Lipinski definition) is 1. The quantitative estimate of drug-likeness (QED) is 0.881. The Morgan fingerprint density at radius 1 is 1.27 bits per heavy atom. The van der Waals surface area contributed by atoms with Crippen molar-refractivity contribution >= 4 is 5.91 Å². The number of H-pyrrole nitrogens is 1. The summed E-state index contributed by atoms with van der Waals surface area (Å²) in [7, 11) is 3.35. The number of rotatable bonds is 5. The van der Waals surface area contributed by atoms with Gasteiger partial charge in [-0.1, -0.05) is 0 Å². The molecule has 0 bridgehead atoms. The largest absolute Gasteiger partial charge is 0.481 e. The number of hydrogen-bond acceptors (Lipinski definition) is 5. The van der Waals surface area contributed by atoms with Gasteiger partial charge in [0.1, 0.15) is 11.4 Å². The Morgan fingerprint density at radius 3 is 2.77 bits per heavy atom. The van der Waals surface area contributed by atoms with E-state index in [4.69, 9.17) is 9.72 Å². The van der Waals surface area contributed by atoms with E-state index in [1.54, 1.807) is 25.0 Å². The number of aromatic amines is 1. The van der Waals surface area contributed by atoms with Crippen molar-refractivity contribution in [1.82, 2.24) is 29.9 Å². The van der Waals surface area contributed by atoms with E-state index in [2.05, 4.69) is 15.3 Å².